The normalized spacial score (nSPS) is 16.0. The molecule has 0 spiro atoms. The Hall–Kier alpha value is -2.33. The van der Waals surface area contributed by atoms with E-state index in [1.54, 1.807) is 6.20 Å². The lowest BCUT2D eigenvalue weighted by molar-refractivity contribution is 0.122. The Bertz CT molecular complexity index is 984. The van der Waals surface area contributed by atoms with E-state index in [4.69, 9.17) is 15.5 Å². The molecule has 3 heterocycles. The van der Waals surface area contributed by atoms with E-state index in [2.05, 4.69) is 9.88 Å². The first kappa shape index (κ1) is 18.1. The van der Waals surface area contributed by atoms with Crippen molar-refractivity contribution in [2.45, 2.75) is 6.42 Å². The van der Waals surface area contributed by atoms with E-state index in [0.717, 1.165) is 35.6 Å². The van der Waals surface area contributed by atoms with Crippen LogP contribution < -0.4 is 10.6 Å². The number of ether oxygens (including phenoxy) is 1. The van der Waals surface area contributed by atoms with Crippen molar-refractivity contribution >= 4 is 28.0 Å². The molecule has 8 nitrogen and oxygen atoms in total. The highest BCUT2D eigenvalue weighted by molar-refractivity contribution is 7.77. The summed E-state index contributed by atoms with van der Waals surface area (Å²) >= 11 is -2.11. The van der Waals surface area contributed by atoms with Crippen molar-refractivity contribution in [1.82, 2.24) is 13.9 Å². The maximum atomic E-state index is 11.5. The van der Waals surface area contributed by atoms with Gasteiger partial charge in [0.1, 0.15) is 11.6 Å². The molecule has 4 rings (SSSR count). The van der Waals surface area contributed by atoms with Crippen LogP contribution >= 0.6 is 0 Å². The summed E-state index contributed by atoms with van der Waals surface area (Å²) < 4.78 is 27.8. The van der Waals surface area contributed by atoms with Gasteiger partial charge in [0.2, 0.25) is 0 Å². The molecule has 1 aliphatic rings. The molecule has 0 bridgehead atoms. The molecule has 1 atom stereocenters. The van der Waals surface area contributed by atoms with E-state index < -0.39 is 11.3 Å². The Balaban J connectivity index is 1.84. The standard InChI is InChI=1S/C18H21N5O3S/c19-6-4-17-20-15(12-18(21-17)22-8-10-26-11-9-22)13-2-1-3-16-14(13)5-7-23(16)27(24)25/h1-3,5,7,12H,4,6,8-11,19H2,(H,24,25). The quantitative estimate of drug-likeness (QED) is 0.638. The summed E-state index contributed by atoms with van der Waals surface area (Å²) in [5.74, 6) is 1.55. The third-order valence-electron chi connectivity index (χ3n) is 4.60. The van der Waals surface area contributed by atoms with Gasteiger partial charge in [0.25, 0.3) is 11.3 Å². The molecule has 3 N–H and O–H groups in total. The van der Waals surface area contributed by atoms with E-state index >= 15 is 0 Å². The predicted octanol–water partition coefficient (Wildman–Crippen LogP) is 1.42. The molecule has 0 aliphatic carbocycles. The summed E-state index contributed by atoms with van der Waals surface area (Å²) in [7, 11) is 0. The van der Waals surface area contributed by atoms with Crippen LogP contribution in [-0.2, 0) is 22.4 Å². The Morgan fingerprint density at radius 2 is 2.04 bits per heavy atom. The van der Waals surface area contributed by atoms with Crippen LogP contribution in [0.25, 0.3) is 22.2 Å². The smallest absolute Gasteiger partial charge is 0.266 e. The van der Waals surface area contributed by atoms with Gasteiger partial charge in [-0.25, -0.2) is 18.1 Å². The van der Waals surface area contributed by atoms with Crippen LogP contribution in [-0.4, -0.2) is 55.6 Å². The second kappa shape index (κ2) is 7.73. The SMILES string of the molecule is NCCc1nc(-c2cccc3c2ccn3S(=O)O)cc(N2CCOCC2)n1. The van der Waals surface area contributed by atoms with Gasteiger partial charge in [-0.05, 0) is 18.7 Å². The molecule has 9 heteroatoms. The Morgan fingerprint density at radius 3 is 2.78 bits per heavy atom. The van der Waals surface area contributed by atoms with E-state index in [1.807, 2.05) is 30.3 Å². The third-order valence-corrected chi connectivity index (χ3v) is 5.26. The number of benzene rings is 1. The molecular weight excluding hydrogens is 366 g/mol. The molecule has 1 aromatic carbocycles. The zero-order chi connectivity index (χ0) is 18.8. The Morgan fingerprint density at radius 1 is 1.22 bits per heavy atom. The number of aromatic nitrogens is 3. The lowest BCUT2D eigenvalue weighted by Gasteiger charge is -2.28. The monoisotopic (exact) mass is 387 g/mol. The van der Waals surface area contributed by atoms with Crippen LogP contribution in [0.2, 0.25) is 0 Å². The van der Waals surface area contributed by atoms with Crippen LogP contribution in [0.5, 0.6) is 0 Å². The van der Waals surface area contributed by atoms with Crippen LogP contribution in [0.1, 0.15) is 5.82 Å². The van der Waals surface area contributed by atoms with Gasteiger partial charge < -0.3 is 15.4 Å². The Labute approximate surface area is 159 Å². The molecule has 3 aromatic rings. The average Bonchev–Trinajstić information content (AvgIpc) is 3.13. The molecule has 0 radical (unpaired) electrons. The average molecular weight is 387 g/mol. The van der Waals surface area contributed by atoms with Crippen LogP contribution in [0.4, 0.5) is 5.82 Å². The van der Waals surface area contributed by atoms with Crippen LogP contribution in [0, 0.1) is 0 Å². The minimum absolute atomic E-state index is 0.468. The van der Waals surface area contributed by atoms with E-state index in [9.17, 15) is 8.76 Å². The first-order valence-electron chi connectivity index (χ1n) is 8.80. The number of hydrogen-bond donors (Lipinski definition) is 2. The molecule has 0 saturated carbocycles. The number of nitrogens with zero attached hydrogens (tertiary/aromatic N) is 4. The van der Waals surface area contributed by atoms with Crippen LogP contribution in [0.3, 0.4) is 0 Å². The van der Waals surface area contributed by atoms with Gasteiger partial charge in [-0.1, -0.05) is 12.1 Å². The fourth-order valence-corrected chi connectivity index (χ4v) is 3.81. The van der Waals surface area contributed by atoms with Gasteiger partial charge >= 0.3 is 0 Å². The van der Waals surface area contributed by atoms with Crippen molar-refractivity contribution in [2.75, 3.05) is 37.7 Å². The van der Waals surface area contributed by atoms with Gasteiger partial charge in [0.05, 0.1) is 24.4 Å². The number of rotatable bonds is 5. The number of hydrogen-bond acceptors (Lipinski definition) is 6. The second-order valence-electron chi connectivity index (χ2n) is 6.28. The fraction of sp³-hybridized carbons (Fsp3) is 0.333. The predicted molar refractivity (Wildman–Crippen MR) is 105 cm³/mol. The largest absolute Gasteiger partial charge is 0.378 e. The summed E-state index contributed by atoms with van der Waals surface area (Å²) in [5.41, 5.74) is 8.08. The van der Waals surface area contributed by atoms with Crippen molar-refractivity contribution < 1.29 is 13.5 Å². The first-order chi connectivity index (χ1) is 13.2. The van der Waals surface area contributed by atoms with Crippen molar-refractivity contribution in [3.05, 3.63) is 42.4 Å². The maximum absolute atomic E-state index is 11.5. The minimum Gasteiger partial charge on any atom is -0.378 e. The molecule has 142 valence electrons. The molecule has 27 heavy (non-hydrogen) atoms. The number of morpholine rings is 1. The van der Waals surface area contributed by atoms with Crippen molar-refractivity contribution in [3.8, 4) is 11.3 Å². The van der Waals surface area contributed by atoms with Gasteiger partial charge in [0, 0.05) is 42.7 Å². The summed E-state index contributed by atoms with van der Waals surface area (Å²) in [5, 5.41) is 0.866. The molecule has 1 unspecified atom stereocenters. The summed E-state index contributed by atoms with van der Waals surface area (Å²) in [6.45, 7) is 3.37. The summed E-state index contributed by atoms with van der Waals surface area (Å²) in [6, 6.07) is 9.44. The highest BCUT2D eigenvalue weighted by Gasteiger charge is 2.17. The molecule has 1 fully saturated rings. The fourth-order valence-electron chi connectivity index (χ4n) is 3.32. The number of fused-ring (bicyclic) bond motifs is 1. The first-order valence-corrected chi connectivity index (χ1v) is 9.86. The topological polar surface area (TPSA) is 106 Å². The molecule has 2 aromatic heterocycles. The lowest BCUT2D eigenvalue weighted by Crippen LogP contribution is -2.37. The zero-order valence-electron chi connectivity index (χ0n) is 14.7. The maximum Gasteiger partial charge on any atom is 0.266 e. The summed E-state index contributed by atoms with van der Waals surface area (Å²) in [6.07, 6.45) is 2.19. The lowest BCUT2D eigenvalue weighted by atomic mass is 10.1. The molecule has 1 saturated heterocycles. The number of anilines is 1. The molecule has 0 amide bonds. The molecular formula is C18H21N5O3S. The van der Waals surface area contributed by atoms with Gasteiger partial charge in [-0.3, -0.25) is 4.55 Å². The van der Waals surface area contributed by atoms with Gasteiger partial charge in [0.15, 0.2) is 0 Å². The summed E-state index contributed by atoms with van der Waals surface area (Å²) in [4.78, 5) is 11.6. The third kappa shape index (κ3) is 3.59. The molecule has 1 aliphatic heterocycles. The van der Waals surface area contributed by atoms with E-state index in [0.29, 0.717) is 37.5 Å². The van der Waals surface area contributed by atoms with Gasteiger partial charge in [-0.15, -0.1) is 0 Å². The minimum atomic E-state index is -2.11. The highest BCUT2D eigenvalue weighted by Crippen LogP contribution is 2.30. The zero-order valence-corrected chi connectivity index (χ0v) is 15.6. The van der Waals surface area contributed by atoms with Crippen molar-refractivity contribution in [3.63, 3.8) is 0 Å². The van der Waals surface area contributed by atoms with Crippen molar-refractivity contribution in [1.29, 1.82) is 0 Å². The number of nitrogens with two attached hydrogens (primary N) is 1. The van der Waals surface area contributed by atoms with Crippen molar-refractivity contribution in [2.24, 2.45) is 5.73 Å². The highest BCUT2D eigenvalue weighted by atomic mass is 32.2. The van der Waals surface area contributed by atoms with E-state index in [-0.39, 0.29) is 0 Å². The Kier molecular flexibility index (Phi) is 5.17. The van der Waals surface area contributed by atoms with Gasteiger partial charge in [-0.2, -0.15) is 0 Å². The van der Waals surface area contributed by atoms with Crippen LogP contribution in [0.15, 0.2) is 36.5 Å². The van der Waals surface area contributed by atoms with E-state index in [1.165, 1.54) is 3.97 Å². The second-order valence-corrected chi connectivity index (χ2v) is 7.13.